The molecule has 0 aromatic heterocycles. The molecule has 2 N–H and O–H groups in total. The van der Waals surface area contributed by atoms with Crippen molar-refractivity contribution in [1.82, 2.24) is 20.0 Å². The molecule has 12 nitrogen and oxygen atoms in total. The smallest absolute Gasteiger partial charge is 0.280 e. The van der Waals surface area contributed by atoms with Crippen LogP contribution in [0.1, 0.15) is 84.0 Å². The fraction of sp³-hybridized carbons (Fsp3) is 0.267. The number of carbonyl (C=O) groups is 4. The van der Waals surface area contributed by atoms with E-state index in [2.05, 4.69) is 27.7 Å². The number of aromatic hydroxyl groups is 2. The van der Waals surface area contributed by atoms with E-state index in [1.54, 1.807) is 23.9 Å². The number of carbonyl (C=O) groups excluding carboxylic acids is 4. The second-order valence-electron chi connectivity index (χ2n) is 18.7. The van der Waals surface area contributed by atoms with Gasteiger partial charge in [0, 0.05) is 0 Å². The lowest BCUT2D eigenvalue weighted by Gasteiger charge is -2.27. The number of fused-ring (bicyclic) bond motifs is 2. The lowest BCUT2D eigenvalue weighted by atomic mass is 10.1. The maximum atomic E-state index is 14.1. The van der Waals surface area contributed by atoms with Crippen molar-refractivity contribution in [2.45, 2.75) is 113 Å². The van der Waals surface area contributed by atoms with Gasteiger partial charge in [0.1, 0.15) is 34.1 Å². The average Bonchev–Trinajstić information content (AvgIpc) is 4.20. The van der Waals surface area contributed by atoms with Crippen LogP contribution in [-0.4, -0.2) is 67.1 Å². The largest absolute Gasteiger partial charge is 0.506 e. The van der Waals surface area contributed by atoms with Gasteiger partial charge in [-0.25, -0.2) is 20.0 Å². The molecule has 76 heavy (non-hydrogen) atoms. The Balaban J connectivity index is 0.000000190. The molecule has 2 saturated heterocycles. The summed E-state index contributed by atoms with van der Waals surface area (Å²) in [6.45, 7) is 14.2. The van der Waals surface area contributed by atoms with E-state index in [1.165, 1.54) is 33.5 Å². The highest BCUT2D eigenvalue weighted by Gasteiger charge is 2.47. The molecule has 0 unspecified atom stereocenters. The summed E-state index contributed by atoms with van der Waals surface area (Å²) in [4.78, 5) is 58.3. The number of phenolic OH excluding ortho intramolecular Hbond substituents is 2. The van der Waals surface area contributed by atoms with Crippen molar-refractivity contribution in [3.63, 3.8) is 0 Å². The van der Waals surface area contributed by atoms with Gasteiger partial charge in [-0.1, -0.05) is 195 Å². The van der Waals surface area contributed by atoms with Gasteiger partial charge in [0.25, 0.3) is 23.6 Å². The normalized spacial score (nSPS) is 15.0. The molecule has 0 bridgehead atoms. The minimum Gasteiger partial charge on any atom is -0.506 e. The molecule has 0 saturated carbocycles. The molecule has 0 aliphatic carbocycles. The van der Waals surface area contributed by atoms with Gasteiger partial charge >= 0.3 is 0 Å². The van der Waals surface area contributed by atoms with E-state index < -0.39 is 0 Å². The quantitative estimate of drug-likeness (QED) is 0.0413. The Bertz CT molecular complexity index is 3040. The van der Waals surface area contributed by atoms with Crippen LogP contribution in [-0.2, 0) is 45.4 Å². The zero-order valence-corrected chi connectivity index (χ0v) is 46.6. The predicted molar refractivity (Wildman–Crippen MR) is 301 cm³/mol. The summed E-state index contributed by atoms with van der Waals surface area (Å²) < 4.78 is 13.8. The first-order valence-corrected chi connectivity index (χ1v) is 28.7. The molecule has 0 atom stereocenters. The minimum absolute atomic E-state index is 0.0622. The number of hydrazine groups is 2. The van der Waals surface area contributed by atoms with Crippen molar-refractivity contribution in [3.05, 3.63) is 185 Å². The number of unbranched alkanes of at least 4 members (excludes halogenated alkanes) is 2. The van der Waals surface area contributed by atoms with E-state index in [9.17, 15) is 29.4 Å². The van der Waals surface area contributed by atoms with Gasteiger partial charge in [0.2, 0.25) is 0 Å². The highest BCUT2D eigenvalue weighted by molar-refractivity contribution is 8.25. The zero-order chi connectivity index (χ0) is 53.6. The molecule has 392 valence electrons. The van der Waals surface area contributed by atoms with Crippen LogP contribution in [0.25, 0.3) is 0 Å². The summed E-state index contributed by atoms with van der Waals surface area (Å²) in [6.07, 6.45) is 3.97. The first-order valence-electron chi connectivity index (χ1n) is 25.4. The third kappa shape index (κ3) is 11.1. The average molecular weight is 1090 g/mol. The first-order chi connectivity index (χ1) is 36.8. The van der Waals surface area contributed by atoms with Gasteiger partial charge < -0.3 is 19.7 Å². The second kappa shape index (κ2) is 24.1. The number of phenols is 2. The van der Waals surface area contributed by atoms with Crippen molar-refractivity contribution in [1.29, 1.82) is 0 Å². The third-order valence-corrected chi connectivity index (χ3v) is 18.7. The van der Waals surface area contributed by atoms with Gasteiger partial charge in [0.15, 0.2) is 0 Å². The standard InChI is InChI=1S/C34H38N2O4S2.C26H22N2O4S2/c1-5-7-19-39-28-23(3)24(4)29(40-20-8-6-2)31-30(28)41-34(42-31)27-32(37)35(21-25-15-11-9-12-16-25)36(33(27)38)22-26-17-13-10-14-18-26;1-15-16(2)21(30)23-22(20(15)29)33-26(34-23)19-24(31)27(13-17-9-5-3-6-10-17)28(25(19)32)14-18-11-7-4-8-12-18/h9-18H,5-8,19-22H2,1-4H3;3-12,29-30H,13-14H2,1-2H3. The predicted octanol–water partition coefficient (Wildman–Crippen LogP) is 13.2. The lowest BCUT2D eigenvalue weighted by Crippen LogP contribution is -2.39. The molecule has 4 aliphatic rings. The van der Waals surface area contributed by atoms with E-state index in [0.29, 0.717) is 55.7 Å². The molecule has 4 heterocycles. The van der Waals surface area contributed by atoms with Crippen LogP contribution in [0.2, 0.25) is 0 Å². The van der Waals surface area contributed by atoms with E-state index >= 15 is 0 Å². The first kappa shape index (κ1) is 54.1. The van der Waals surface area contributed by atoms with Crippen LogP contribution in [0.5, 0.6) is 23.0 Å². The third-order valence-electron chi connectivity index (χ3n) is 13.5. The highest BCUT2D eigenvalue weighted by Crippen LogP contribution is 2.62. The summed E-state index contributed by atoms with van der Waals surface area (Å²) in [5.41, 5.74) is 7.24. The van der Waals surface area contributed by atoms with Crippen LogP contribution >= 0.6 is 47.0 Å². The molecule has 4 amide bonds. The van der Waals surface area contributed by atoms with Gasteiger partial charge in [0.05, 0.1) is 67.4 Å². The summed E-state index contributed by atoms with van der Waals surface area (Å²) in [5.74, 6) is 0.451. The number of nitrogens with zero attached hydrogens (tertiary/aromatic N) is 4. The second-order valence-corrected chi connectivity index (χ2v) is 23.3. The summed E-state index contributed by atoms with van der Waals surface area (Å²) in [7, 11) is 0. The number of thioether (sulfide) groups is 4. The number of hydrogen-bond donors (Lipinski definition) is 2. The van der Waals surface area contributed by atoms with Gasteiger partial charge in [-0.05, 0) is 85.0 Å². The van der Waals surface area contributed by atoms with Crippen molar-refractivity contribution in [2.24, 2.45) is 0 Å². The number of ether oxygens (including phenoxy) is 2. The fourth-order valence-corrected chi connectivity index (χ4v) is 14.5. The topological polar surface area (TPSA) is 140 Å². The minimum atomic E-state index is -0.389. The van der Waals surface area contributed by atoms with E-state index in [0.717, 1.165) is 104 Å². The van der Waals surface area contributed by atoms with Crippen LogP contribution in [0.15, 0.2) is 161 Å². The monoisotopic (exact) mass is 1090 g/mol. The highest BCUT2D eigenvalue weighted by atomic mass is 32.2. The van der Waals surface area contributed by atoms with Crippen molar-refractivity contribution < 1.29 is 38.9 Å². The molecular formula is C60H60N4O8S4. The molecule has 6 aromatic carbocycles. The Kier molecular flexibility index (Phi) is 17.1. The number of amides is 4. The molecule has 16 heteroatoms. The zero-order valence-electron chi connectivity index (χ0n) is 43.4. The van der Waals surface area contributed by atoms with E-state index in [-0.39, 0.29) is 59.4 Å². The Labute approximate surface area is 461 Å². The van der Waals surface area contributed by atoms with Crippen LogP contribution in [0.4, 0.5) is 0 Å². The maximum absolute atomic E-state index is 14.1. The molecule has 0 radical (unpaired) electrons. The molecule has 4 aliphatic heterocycles. The molecule has 10 rings (SSSR count). The maximum Gasteiger partial charge on any atom is 0.280 e. The number of rotatable bonds is 16. The molecular weight excluding hydrogens is 1030 g/mol. The summed E-state index contributed by atoms with van der Waals surface area (Å²) >= 11 is 5.24. The number of benzene rings is 6. The van der Waals surface area contributed by atoms with E-state index in [4.69, 9.17) is 9.47 Å². The van der Waals surface area contributed by atoms with Crippen molar-refractivity contribution in [3.8, 4) is 23.0 Å². The van der Waals surface area contributed by atoms with Gasteiger partial charge in [-0.2, -0.15) is 0 Å². The van der Waals surface area contributed by atoms with Crippen LogP contribution < -0.4 is 9.47 Å². The summed E-state index contributed by atoms with van der Waals surface area (Å²) in [6, 6.07) is 38.7. The molecule has 6 aromatic rings. The van der Waals surface area contributed by atoms with Crippen LogP contribution in [0.3, 0.4) is 0 Å². The van der Waals surface area contributed by atoms with Gasteiger partial charge in [-0.3, -0.25) is 19.2 Å². The Hall–Kier alpha value is -6.72. The van der Waals surface area contributed by atoms with E-state index in [1.807, 2.05) is 121 Å². The SMILES string of the molecule is CCCCOc1c(C)c(C)c(OCCCC)c2c1SC(=C1C(=O)N(Cc3ccccc3)N(Cc3ccccc3)C1=O)S2.Cc1c(C)c(O)c2c(c1O)SC(=C1C(=O)N(Cc3ccccc3)N(Cc3ccccc3)C1=O)S2. The fourth-order valence-electron chi connectivity index (χ4n) is 8.92. The Morgan fingerprint density at radius 3 is 0.921 bits per heavy atom. The van der Waals surface area contributed by atoms with Crippen LogP contribution in [0, 0.1) is 27.7 Å². The molecule has 0 spiro atoms. The van der Waals surface area contributed by atoms with Crippen molar-refractivity contribution in [2.75, 3.05) is 13.2 Å². The van der Waals surface area contributed by atoms with Crippen molar-refractivity contribution >= 4 is 70.7 Å². The molecule has 2 fully saturated rings. The summed E-state index contributed by atoms with van der Waals surface area (Å²) in [5, 5.41) is 27.4. The Morgan fingerprint density at radius 1 is 0.395 bits per heavy atom. The number of hydrogen-bond acceptors (Lipinski definition) is 12. The lowest BCUT2D eigenvalue weighted by molar-refractivity contribution is -0.149. The van der Waals surface area contributed by atoms with Gasteiger partial charge in [-0.15, -0.1) is 0 Å². The Morgan fingerprint density at radius 2 is 0.658 bits per heavy atom.